The number of methoxy groups -OCH3 is 1. The zero-order valence-electron chi connectivity index (χ0n) is 15.1. The van der Waals surface area contributed by atoms with E-state index in [0.717, 1.165) is 12.8 Å². The molecule has 1 amide bonds. The molecule has 0 aliphatic carbocycles. The Morgan fingerprint density at radius 3 is 2.33 bits per heavy atom. The molecule has 1 aromatic carbocycles. The lowest BCUT2D eigenvalue weighted by atomic mass is 10.1. The van der Waals surface area contributed by atoms with E-state index in [1.165, 1.54) is 44.1 Å². The number of benzene rings is 1. The first-order valence-corrected chi connectivity index (χ1v) is 8.75. The van der Waals surface area contributed by atoms with Crippen LogP contribution < -0.4 is 10.6 Å². The Balaban J connectivity index is 2.56. The molecule has 2 N–H and O–H groups in total. The molecule has 5 nitrogen and oxygen atoms in total. The number of esters is 1. The summed E-state index contributed by atoms with van der Waals surface area (Å²) in [5.41, 5.74) is 7.15. The Hall–Kier alpha value is -2.04. The largest absolute Gasteiger partial charge is 0.465 e. The minimum atomic E-state index is -0.472. The fourth-order valence-electron chi connectivity index (χ4n) is 2.64. The Kier molecular flexibility index (Phi) is 8.90. The zero-order chi connectivity index (χ0) is 17.9. The summed E-state index contributed by atoms with van der Waals surface area (Å²) >= 11 is 0. The average molecular weight is 334 g/mol. The SMILES string of the molecule is CCCCCCCCCC(=O)N(C)c1cc(N)ccc1C(=O)OC. The molecular formula is C19H30N2O3. The highest BCUT2D eigenvalue weighted by molar-refractivity contribution is 6.02. The van der Waals surface area contributed by atoms with Gasteiger partial charge in [0.25, 0.3) is 0 Å². The maximum atomic E-state index is 12.4. The highest BCUT2D eigenvalue weighted by Gasteiger charge is 2.19. The molecule has 0 radical (unpaired) electrons. The van der Waals surface area contributed by atoms with Gasteiger partial charge in [0.2, 0.25) is 5.91 Å². The summed E-state index contributed by atoms with van der Waals surface area (Å²) in [6.45, 7) is 2.20. The lowest BCUT2D eigenvalue weighted by Crippen LogP contribution is -2.28. The van der Waals surface area contributed by atoms with Crippen molar-refractivity contribution < 1.29 is 14.3 Å². The van der Waals surface area contributed by atoms with Gasteiger partial charge in [0.15, 0.2) is 0 Å². The number of unbranched alkanes of at least 4 members (excludes halogenated alkanes) is 6. The topological polar surface area (TPSA) is 72.6 Å². The van der Waals surface area contributed by atoms with Gasteiger partial charge in [0, 0.05) is 19.2 Å². The van der Waals surface area contributed by atoms with Crippen LogP contribution in [0.3, 0.4) is 0 Å². The molecule has 0 heterocycles. The number of amides is 1. The Bertz CT molecular complexity index is 543. The third kappa shape index (κ3) is 6.22. The van der Waals surface area contributed by atoms with Gasteiger partial charge in [0.05, 0.1) is 18.4 Å². The number of ether oxygens (including phenoxy) is 1. The summed E-state index contributed by atoms with van der Waals surface area (Å²) in [7, 11) is 2.99. The predicted molar refractivity (Wildman–Crippen MR) is 98.2 cm³/mol. The van der Waals surface area contributed by atoms with Crippen LogP contribution in [-0.2, 0) is 9.53 Å². The highest BCUT2D eigenvalue weighted by Crippen LogP contribution is 2.24. The lowest BCUT2D eigenvalue weighted by Gasteiger charge is -2.20. The van der Waals surface area contributed by atoms with Gasteiger partial charge in [0.1, 0.15) is 0 Å². The molecule has 0 bridgehead atoms. The van der Waals surface area contributed by atoms with Gasteiger partial charge < -0.3 is 15.4 Å². The average Bonchev–Trinajstić information content (AvgIpc) is 2.59. The second-order valence-electron chi connectivity index (χ2n) is 6.09. The summed E-state index contributed by atoms with van der Waals surface area (Å²) in [4.78, 5) is 25.7. The van der Waals surface area contributed by atoms with E-state index in [1.807, 2.05) is 0 Å². The van der Waals surface area contributed by atoms with Crippen molar-refractivity contribution in [2.75, 3.05) is 24.8 Å². The molecule has 0 aliphatic heterocycles. The number of nitrogen functional groups attached to an aromatic ring is 1. The molecule has 0 spiro atoms. The first-order chi connectivity index (χ1) is 11.5. The number of carbonyl (C=O) groups is 2. The normalized spacial score (nSPS) is 10.5. The molecule has 1 aromatic rings. The Labute approximate surface area is 145 Å². The van der Waals surface area contributed by atoms with Crippen LogP contribution in [0.2, 0.25) is 0 Å². The number of nitrogens with two attached hydrogens (primary N) is 1. The number of anilines is 2. The molecule has 134 valence electrons. The van der Waals surface area contributed by atoms with Crippen molar-refractivity contribution in [2.45, 2.75) is 58.3 Å². The maximum Gasteiger partial charge on any atom is 0.339 e. The van der Waals surface area contributed by atoms with Crippen LogP contribution >= 0.6 is 0 Å². The summed E-state index contributed by atoms with van der Waals surface area (Å²) in [6, 6.07) is 4.85. The van der Waals surface area contributed by atoms with Crippen molar-refractivity contribution in [3.05, 3.63) is 23.8 Å². The van der Waals surface area contributed by atoms with E-state index in [0.29, 0.717) is 23.4 Å². The predicted octanol–water partition coefficient (Wildman–Crippen LogP) is 4.16. The molecule has 0 aromatic heterocycles. The van der Waals surface area contributed by atoms with Gasteiger partial charge in [-0.15, -0.1) is 0 Å². The van der Waals surface area contributed by atoms with Crippen LogP contribution in [0.4, 0.5) is 11.4 Å². The second-order valence-corrected chi connectivity index (χ2v) is 6.09. The van der Waals surface area contributed by atoms with Crippen LogP contribution in [0.5, 0.6) is 0 Å². The Morgan fingerprint density at radius 1 is 1.08 bits per heavy atom. The number of nitrogens with zero attached hydrogens (tertiary/aromatic N) is 1. The third-order valence-corrected chi connectivity index (χ3v) is 4.16. The van der Waals surface area contributed by atoms with E-state index in [4.69, 9.17) is 10.5 Å². The molecule has 0 atom stereocenters. The van der Waals surface area contributed by atoms with E-state index in [1.54, 1.807) is 25.2 Å². The fourth-order valence-corrected chi connectivity index (χ4v) is 2.64. The van der Waals surface area contributed by atoms with Crippen LogP contribution in [0.25, 0.3) is 0 Å². The van der Waals surface area contributed by atoms with Gasteiger partial charge in [-0.3, -0.25) is 4.79 Å². The fraction of sp³-hybridized carbons (Fsp3) is 0.579. The van der Waals surface area contributed by atoms with Crippen molar-refractivity contribution >= 4 is 23.3 Å². The minimum Gasteiger partial charge on any atom is -0.465 e. The number of carbonyl (C=O) groups excluding carboxylic acids is 2. The smallest absolute Gasteiger partial charge is 0.339 e. The van der Waals surface area contributed by atoms with Gasteiger partial charge in [-0.25, -0.2) is 4.79 Å². The van der Waals surface area contributed by atoms with Crippen molar-refractivity contribution in [3.63, 3.8) is 0 Å². The van der Waals surface area contributed by atoms with Crippen molar-refractivity contribution in [1.29, 1.82) is 0 Å². The molecular weight excluding hydrogens is 304 g/mol. The molecule has 0 fully saturated rings. The van der Waals surface area contributed by atoms with Gasteiger partial charge >= 0.3 is 5.97 Å². The molecule has 0 saturated heterocycles. The van der Waals surface area contributed by atoms with E-state index in [9.17, 15) is 9.59 Å². The number of hydrogen-bond donors (Lipinski definition) is 1. The third-order valence-electron chi connectivity index (χ3n) is 4.16. The van der Waals surface area contributed by atoms with Crippen LogP contribution in [0, 0.1) is 0 Å². The van der Waals surface area contributed by atoms with Crippen molar-refractivity contribution in [1.82, 2.24) is 0 Å². The van der Waals surface area contributed by atoms with E-state index in [-0.39, 0.29) is 5.91 Å². The second kappa shape index (κ2) is 10.7. The molecule has 0 unspecified atom stereocenters. The van der Waals surface area contributed by atoms with Crippen LogP contribution in [0.1, 0.15) is 68.6 Å². The quantitative estimate of drug-likeness (QED) is 0.396. The van der Waals surface area contributed by atoms with Gasteiger partial charge in [-0.2, -0.15) is 0 Å². The van der Waals surface area contributed by atoms with Crippen LogP contribution in [-0.4, -0.2) is 26.0 Å². The van der Waals surface area contributed by atoms with Gasteiger partial charge in [-0.05, 0) is 24.6 Å². The molecule has 0 saturated carbocycles. The first kappa shape index (κ1) is 20.0. The zero-order valence-corrected chi connectivity index (χ0v) is 15.1. The summed E-state index contributed by atoms with van der Waals surface area (Å²) in [6.07, 6.45) is 8.60. The maximum absolute atomic E-state index is 12.4. The first-order valence-electron chi connectivity index (χ1n) is 8.75. The molecule has 24 heavy (non-hydrogen) atoms. The highest BCUT2D eigenvalue weighted by atomic mass is 16.5. The molecule has 5 heteroatoms. The van der Waals surface area contributed by atoms with Gasteiger partial charge in [-0.1, -0.05) is 45.4 Å². The lowest BCUT2D eigenvalue weighted by molar-refractivity contribution is -0.118. The standard InChI is InChI=1S/C19H30N2O3/c1-4-5-6-7-8-9-10-11-18(22)21(2)17-14-15(20)12-13-16(17)19(23)24-3/h12-14H,4-11,20H2,1-3H3. The van der Waals surface area contributed by atoms with E-state index >= 15 is 0 Å². The monoisotopic (exact) mass is 334 g/mol. The van der Waals surface area contributed by atoms with Crippen LogP contribution in [0.15, 0.2) is 18.2 Å². The number of hydrogen-bond acceptors (Lipinski definition) is 4. The van der Waals surface area contributed by atoms with E-state index < -0.39 is 5.97 Å². The molecule has 1 rings (SSSR count). The van der Waals surface area contributed by atoms with E-state index in [2.05, 4.69) is 6.92 Å². The van der Waals surface area contributed by atoms with Crippen molar-refractivity contribution in [3.8, 4) is 0 Å². The summed E-state index contributed by atoms with van der Waals surface area (Å²) in [5.74, 6) is -0.486. The molecule has 0 aliphatic rings. The Morgan fingerprint density at radius 2 is 1.71 bits per heavy atom. The van der Waals surface area contributed by atoms with Crippen molar-refractivity contribution in [2.24, 2.45) is 0 Å². The summed E-state index contributed by atoms with van der Waals surface area (Å²) < 4.78 is 4.77. The minimum absolute atomic E-state index is 0.0145. The summed E-state index contributed by atoms with van der Waals surface area (Å²) in [5, 5.41) is 0. The number of rotatable bonds is 10.